The predicted molar refractivity (Wildman–Crippen MR) is 74.7 cm³/mol. The van der Waals surface area contributed by atoms with Gasteiger partial charge in [0.25, 0.3) is 0 Å². The first-order valence-electron chi connectivity index (χ1n) is 5.08. The van der Waals surface area contributed by atoms with Crippen LogP contribution >= 0.6 is 34.5 Å². The fourth-order valence-corrected chi connectivity index (χ4v) is 3.04. The second-order valence-electron chi connectivity index (χ2n) is 3.70. The minimum absolute atomic E-state index is 0.106. The van der Waals surface area contributed by atoms with E-state index < -0.39 is 0 Å². The first-order valence-corrected chi connectivity index (χ1v) is 6.72. The summed E-state index contributed by atoms with van der Waals surface area (Å²) in [4.78, 5) is 1.22. The summed E-state index contributed by atoms with van der Waals surface area (Å²) in [5.74, 6) is 5.63. The van der Waals surface area contributed by atoms with E-state index in [9.17, 15) is 0 Å². The predicted octanol–water partition coefficient (Wildman–Crippen LogP) is 3.92. The van der Waals surface area contributed by atoms with Gasteiger partial charge in [-0.3, -0.25) is 5.84 Å². The quantitative estimate of drug-likeness (QED) is 0.663. The number of thiophene rings is 1. The number of halogens is 2. The van der Waals surface area contributed by atoms with Gasteiger partial charge in [-0.1, -0.05) is 29.3 Å². The number of rotatable bonds is 3. The molecule has 0 bridgehead atoms. The lowest BCUT2D eigenvalue weighted by molar-refractivity contribution is 0.636. The van der Waals surface area contributed by atoms with E-state index in [1.807, 2.05) is 17.5 Å². The Balaban J connectivity index is 2.46. The van der Waals surface area contributed by atoms with Crippen LogP contribution in [0.3, 0.4) is 0 Å². The third-order valence-corrected chi connectivity index (χ3v) is 4.07. The Morgan fingerprint density at radius 2 is 2.00 bits per heavy atom. The van der Waals surface area contributed by atoms with E-state index in [0.29, 0.717) is 10.0 Å². The van der Waals surface area contributed by atoms with Gasteiger partial charge in [0.15, 0.2) is 0 Å². The maximum Gasteiger partial charge on any atom is 0.0735 e. The van der Waals surface area contributed by atoms with Crippen molar-refractivity contribution in [2.75, 3.05) is 0 Å². The van der Waals surface area contributed by atoms with Crippen LogP contribution in [0.1, 0.15) is 22.0 Å². The summed E-state index contributed by atoms with van der Waals surface area (Å²) >= 11 is 13.8. The minimum atomic E-state index is -0.106. The van der Waals surface area contributed by atoms with Crippen LogP contribution in [-0.2, 0) is 0 Å². The molecule has 17 heavy (non-hydrogen) atoms. The van der Waals surface area contributed by atoms with Crippen LogP contribution in [0.5, 0.6) is 0 Å². The topological polar surface area (TPSA) is 38.0 Å². The van der Waals surface area contributed by atoms with Crippen molar-refractivity contribution in [3.8, 4) is 0 Å². The number of aryl methyl sites for hydroxylation is 1. The number of benzene rings is 1. The van der Waals surface area contributed by atoms with Crippen molar-refractivity contribution in [3.05, 3.63) is 55.7 Å². The normalized spacial score (nSPS) is 12.7. The van der Waals surface area contributed by atoms with Crippen LogP contribution in [0.2, 0.25) is 10.0 Å². The standard InChI is InChI=1S/C12H12Cl2N2S/c1-7-9(4-5-17-7)12(16-15)10-3-2-8(13)6-11(10)14/h2-6,12,16H,15H2,1H3. The average molecular weight is 287 g/mol. The van der Waals surface area contributed by atoms with Crippen molar-refractivity contribution >= 4 is 34.5 Å². The third kappa shape index (κ3) is 2.64. The maximum absolute atomic E-state index is 6.20. The van der Waals surface area contributed by atoms with Crippen molar-refractivity contribution in [1.29, 1.82) is 0 Å². The molecule has 1 heterocycles. The second kappa shape index (κ2) is 5.38. The van der Waals surface area contributed by atoms with Crippen LogP contribution in [0.25, 0.3) is 0 Å². The van der Waals surface area contributed by atoms with Crippen molar-refractivity contribution in [3.63, 3.8) is 0 Å². The molecule has 0 amide bonds. The van der Waals surface area contributed by atoms with Crippen LogP contribution < -0.4 is 11.3 Å². The fourth-order valence-electron chi connectivity index (χ4n) is 1.78. The summed E-state index contributed by atoms with van der Waals surface area (Å²) in [6.07, 6.45) is 0. The van der Waals surface area contributed by atoms with Gasteiger partial charge in [0.2, 0.25) is 0 Å². The van der Waals surface area contributed by atoms with Gasteiger partial charge in [0.05, 0.1) is 6.04 Å². The second-order valence-corrected chi connectivity index (χ2v) is 5.66. The maximum atomic E-state index is 6.20. The Morgan fingerprint density at radius 1 is 1.24 bits per heavy atom. The summed E-state index contributed by atoms with van der Waals surface area (Å²) in [5, 5.41) is 3.28. The van der Waals surface area contributed by atoms with E-state index in [2.05, 4.69) is 18.4 Å². The molecule has 0 saturated carbocycles. The smallest absolute Gasteiger partial charge is 0.0735 e. The van der Waals surface area contributed by atoms with E-state index in [1.54, 1.807) is 17.4 Å². The van der Waals surface area contributed by atoms with E-state index in [4.69, 9.17) is 29.0 Å². The van der Waals surface area contributed by atoms with Crippen LogP contribution in [0.15, 0.2) is 29.6 Å². The van der Waals surface area contributed by atoms with Gasteiger partial charge in [-0.2, -0.15) is 0 Å². The summed E-state index contributed by atoms with van der Waals surface area (Å²) in [5.41, 5.74) is 4.87. The Kier molecular flexibility index (Phi) is 4.07. The zero-order valence-electron chi connectivity index (χ0n) is 9.21. The van der Waals surface area contributed by atoms with Crippen molar-refractivity contribution in [2.24, 2.45) is 5.84 Å². The summed E-state index contributed by atoms with van der Waals surface area (Å²) in [7, 11) is 0. The molecule has 0 aliphatic rings. The summed E-state index contributed by atoms with van der Waals surface area (Å²) in [6.45, 7) is 2.06. The van der Waals surface area contributed by atoms with Crippen molar-refractivity contribution in [2.45, 2.75) is 13.0 Å². The van der Waals surface area contributed by atoms with Crippen molar-refractivity contribution in [1.82, 2.24) is 5.43 Å². The zero-order valence-corrected chi connectivity index (χ0v) is 11.5. The van der Waals surface area contributed by atoms with Gasteiger partial charge in [-0.25, -0.2) is 5.43 Å². The van der Waals surface area contributed by atoms with E-state index in [0.717, 1.165) is 11.1 Å². The molecule has 0 spiro atoms. The Morgan fingerprint density at radius 3 is 2.53 bits per heavy atom. The number of hydrogen-bond acceptors (Lipinski definition) is 3. The molecule has 1 unspecified atom stereocenters. The SMILES string of the molecule is Cc1sccc1C(NN)c1ccc(Cl)cc1Cl. The van der Waals surface area contributed by atoms with Crippen LogP contribution in [0, 0.1) is 6.92 Å². The molecule has 90 valence electrons. The molecule has 2 aromatic rings. The molecule has 0 radical (unpaired) electrons. The highest BCUT2D eigenvalue weighted by molar-refractivity contribution is 7.10. The fraction of sp³-hybridized carbons (Fsp3) is 0.167. The minimum Gasteiger partial charge on any atom is -0.271 e. The zero-order chi connectivity index (χ0) is 12.4. The third-order valence-electron chi connectivity index (χ3n) is 2.65. The molecule has 3 N–H and O–H groups in total. The molecule has 0 saturated heterocycles. The first kappa shape index (κ1) is 12.9. The van der Waals surface area contributed by atoms with Gasteiger partial charge in [0, 0.05) is 14.9 Å². The molecule has 0 aliphatic carbocycles. The summed E-state index contributed by atoms with van der Waals surface area (Å²) < 4.78 is 0. The molecule has 1 aromatic carbocycles. The average Bonchev–Trinajstić information content (AvgIpc) is 2.69. The van der Waals surface area contributed by atoms with Gasteiger partial charge in [-0.05, 0) is 41.6 Å². The highest BCUT2D eigenvalue weighted by Crippen LogP contribution is 2.32. The molecule has 1 atom stereocenters. The number of hydrazine groups is 1. The van der Waals surface area contributed by atoms with Crippen LogP contribution in [0.4, 0.5) is 0 Å². The number of nitrogens with one attached hydrogen (secondary N) is 1. The van der Waals surface area contributed by atoms with Gasteiger partial charge in [-0.15, -0.1) is 11.3 Å². The monoisotopic (exact) mass is 286 g/mol. The largest absolute Gasteiger partial charge is 0.271 e. The molecule has 2 nitrogen and oxygen atoms in total. The van der Waals surface area contributed by atoms with E-state index in [-0.39, 0.29) is 6.04 Å². The molecule has 0 fully saturated rings. The number of nitrogens with two attached hydrogens (primary N) is 1. The summed E-state index contributed by atoms with van der Waals surface area (Å²) in [6, 6.07) is 7.38. The lowest BCUT2D eigenvalue weighted by Gasteiger charge is -2.18. The van der Waals surface area contributed by atoms with E-state index >= 15 is 0 Å². The molecular weight excluding hydrogens is 275 g/mol. The Labute approximate surface area is 114 Å². The van der Waals surface area contributed by atoms with E-state index in [1.165, 1.54) is 4.88 Å². The molecule has 1 aromatic heterocycles. The lowest BCUT2D eigenvalue weighted by Crippen LogP contribution is -2.29. The highest BCUT2D eigenvalue weighted by Gasteiger charge is 2.18. The van der Waals surface area contributed by atoms with Crippen molar-refractivity contribution < 1.29 is 0 Å². The molecule has 5 heteroatoms. The molecular formula is C12H12Cl2N2S. The van der Waals surface area contributed by atoms with Crippen LogP contribution in [-0.4, -0.2) is 0 Å². The molecule has 0 aliphatic heterocycles. The number of hydrogen-bond donors (Lipinski definition) is 2. The molecule has 2 rings (SSSR count). The Hall–Kier alpha value is -0.580. The van der Waals surface area contributed by atoms with Gasteiger partial charge < -0.3 is 0 Å². The lowest BCUT2D eigenvalue weighted by atomic mass is 10.00. The highest BCUT2D eigenvalue weighted by atomic mass is 35.5. The first-order chi connectivity index (χ1) is 8.13. The Bertz CT molecular complexity index is 525. The van der Waals surface area contributed by atoms with Gasteiger partial charge >= 0.3 is 0 Å². The van der Waals surface area contributed by atoms with Gasteiger partial charge in [0.1, 0.15) is 0 Å².